The second kappa shape index (κ2) is 6.57. The summed E-state index contributed by atoms with van der Waals surface area (Å²) in [7, 11) is 0. The van der Waals surface area contributed by atoms with Gasteiger partial charge in [0.05, 0.1) is 5.54 Å². The van der Waals surface area contributed by atoms with Gasteiger partial charge in [-0.15, -0.1) is 0 Å². The van der Waals surface area contributed by atoms with Crippen LogP contribution >= 0.6 is 0 Å². The Bertz CT molecular complexity index is 577. The molecule has 110 valence electrons. The molecule has 2 nitrogen and oxygen atoms in total. The van der Waals surface area contributed by atoms with Crippen molar-refractivity contribution in [1.29, 1.82) is 0 Å². The molecule has 1 unspecified atom stereocenters. The van der Waals surface area contributed by atoms with Crippen molar-refractivity contribution in [1.82, 2.24) is 5.32 Å². The third kappa shape index (κ3) is 3.94. The fourth-order valence-corrected chi connectivity index (χ4v) is 2.78. The molecule has 0 radical (unpaired) electrons. The Morgan fingerprint density at radius 1 is 1.00 bits per heavy atom. The van der Waals surface area contributed by atoms with Crippen LogP contribution in [-0.2, 0) is 5.54 Å². The minimum Gasteiger partial charge on any atom is -0.343 e. The molecule has 0 saturated heterocycles. The molecule has 0 fully saturated rings. The van der Waals surface area contributed by atoms with Crippen LogP contribution in [-0.4, -0.2) is 5.91 Å². The molecule has 0 heterocycles. The van der Waals surface area contributed by atoms with Crippen molar-refractivity contribution >= 4 is 5.91 Å². The molecule has 0 aliphatic rings. The van der Waals surface area contributed by atoms with Crippen molar-refractivity contribution in [3.05, 3.63) is 71.8 Å². The van der Waals surface area contributed by atoms with Gasteiger partial charge in [0.2, 0.25) is 0 Å². The Balaban J connectivity index is 2.27. The van der Waals surface area contributed by atoms with Gasteiger partial charge in [-0.2, -0.15) is 0 Å². The van der Waals surface area contributed by atoms with E-state index in [0.717, 1.165) is 12.0 Å². The molecule has 0 bridgehead atoms. The molecule has 2 heteroatoms. The van der Waals surface area contributed by atoms with E-state index >= 15 is 0 Å². The highest BCUT2D eigenvalue weighted by Crippen LogP contribution is 2.28. The van der Waals surface area contributed by atoms with Gasteiger partial charge >= 0.3 is 0 Å². The first kappa shape index (κ1) is 15.3. The number of amides is 1. The summed E-state index contributed by atoms with van der Waals surface area (Å²) in [5.74, 6) is 0.467. The van der Waals surface area contributed by atoms with Gasteiger partial charge in [-0.1, -0.05) is 62.4 Å². The topological polar surface area (TPSA) is 29.1 Å². The quantitative estimate of drug-likeness (QED) is 0.866. The minimum atomic E-state index is -0.359. The summed E-state index contributed by atoms with van der Waals surface area (Å²) in [4.78, 5) is 12.5. The lowest BCUT2D eigenvalue weighted by molar-refractivity contribution is 0.0893. The molecule has 0 aliphatic carbocycles. The Morgan fingerprint density at radius 3 is 2.05 bits per heavy atom. The van der Waals surface area contributed by atoms with Crippen LogP contribution in [0.3, 0.4) is 0 Å². The van der Waals surface area contributed by atoms with Crippen molar-refractivity contribution in [2.24, 2.45) is 5.92 Å². The van der Waals surface area contributed by atoms with Crippen molar-refractivity contribution < 1.29 is 4.79 Å². The number of carbonyl (C=O) groups excluding carboxylic acids is 1. The van der Waals surface area contributed by atoms with Gasteiger partial charge in [0.15, 0.2) is 0 Å². The Morgan fingerprint density at radius 2 is 1.52 bits per heavy atom. The standard InChI is InChI=1S/C19H23NO/c1-15(2)14-19(3,17-12-8-5-9-13-17)20-18(21)16-10-6-4-7-11-16/h4-13,15H,14H2,1-3H3,(H,20,21). The summed E-state index contributed by atoms with van der Waals surface area (Å²) in [6.07, 6.45) is 0.898. The molecule has 0 spiro atoms. The SMILES string of the molecule is CC(C)CC(C)(NC(=O)c1ccccc1)c1ccccc1. The molecule has 1 atom stereocenters. The molecule has 1 amide bonds. The number of benzene rings is 2. The molecule has 0 aliphatic heterocycles. The normalized spacial score (nSPS) is 13.7. The number of hydrogen-bond acceptors (Lipinski definition) is 1. The predicted molar refractivity (Wildman–Crippen MR) is 87.2 cm³/mol. The monoisotopic (exact) mass is 281 g/mol. The van der Waals surface area contributed by atoms with Gasteiger partial charge in [-0.05, 0) is 37.0 Å². The van der Waals surface area contributed by atoms with Gasteiger partial charge < -0.3 is 5.32 Å². The Kier molecular flexibility index (Phi) is 4.79. The second-order valence-corrected chi connectivity index (χ2v) is 6.12. The van der Waals surface area contributed by atoms with E-state index < -0.39 is 0 Å². The van der Waals surface area contributed by atoms with Crippen LogP contribution in [0.25, 0.3) is 0 Å². The van der Waals surface area contributed by atoms with Gasteiger partial charge in [-0.3, -0.25) is 4.79 Å². The van der Waals surface area contributed by atoms with Crippen molar-refractivity contribution in [2.75, 3.05) is 0 Å². The van der Waals surface area contributed by atoms with Gasteiger partial charge in [0, 0.05) is 5.56 Å². The summed E-state index contributed by atoms with van der Waals surface area (Å²) in [5, 5.41) is 3.22. The summed E-state index contributed by atoms with van der Waals surface area (Å²) >= 11 is 0. The van der Waals surface area contributed by atoms with E-state index in [-0.39, 0.29) is 11.4 Å². The van der Waals surface area contributed by atoms with Crippen molar-refractivity contribution in [3.8, 4) is 0 Å². The lowest BCUT2D eigenvalue weighted by atomic mass is 9.83. The third-order valence-electron chi connectivity index (χ3n) is 3.65. The largest absolute Gasteiger partial charge is 0.343 e. The Hall–Kier alpha value is -2.09. The minimum absolute atomic E-state index is 0.0254. The van der Waals surface area contributed by atoms with E-state index in [1.807, 2.05) is 48.5 Å². The fourth-order valence-electron chi connectivity index (χ4n) is 2.78. The first-order valence-corrected chi connectivity index (χ1v) is 7.44. The fraction of sp³-hybridized carbons (Fsp3) is 0.316. The first-order valence-electron chi connectivity index (χ1n) is 7.44. The first-order chi connectivity index (χ1) is 10.0. The van der Waals surface area contributed by atoms with E-state index in [0.29, 0.717) is 11.5 Å². The van der Waals surface area contributed by atoms with Gasteiger partial charge in [0.25, 0.3) is 5.91 Å². The average Bonchev–Trinajstić information content (AvgIpc) is 2.48. The van der Waals surface area contributed by atoms with Crippen molar-refractivity contribution in [3.63, 3.8) is 0 Å². The zero-order valence-electron chi connectivity index (χ0n) is 13.0. The molecule has 21 heavy (non-hydrogen) atoms. The average molecular weight is 281 g/mol. The van der Waals surface area contributed by atoms with E-state index in [9.17, 15) is 4.79 Å². The summed E-state index contributed by atoms with van der Waals surface area (Å²) in [5.41, 5.74) is 1.48. The second-order valence-electron chi connectivity index (χ2n) is 6.12. The van der Waals surface area contributed by atoms with Crippen LogP contribution in [0.5, 0.6) is 0 Å². The van der Waals surface area contributed by atoms with Gasteiger partial charge in [-0.25, -0.2) is 0 Å². The molecule has 0 aromatic heterocycles. The maximum Gasteiger partial charge on any atom is 0.251 e. The smallest absolute Gasteiger partial charge is 0.251 e. The predicted octanol–water partition coefficient (Wildman–Crippen LogP) is 4.38. The zero-order chi connectivity index (χ0) is 15.3. The third-order valence-corrected chi connectivity index (χ3v) is 3.65. The number of rotatable bonds is 5. The zero-order valence-corrected chi connectivity index (χ0v) is 13.0. The lowest BCUT2D eigenvalue weighted by Crippen LogP contribution is -2.44. The molecule has 0 saturated carbocycles. The summed E-state index contributed by atoms with van der Waals surface area (Å²) in [6, 6.07) is 19.6. The van der Waals surface area contributed by atoms with Crippen molar-refractivity contribution in [2.45, 2.75) is 32.7 Å². The van der Waals surface area contributed by atoms with Crippen LogP contribution in [0.1, 0.15) is 43.1 Å². The van der Waals surface area contributed by atoms with Gasteiger partial charge in [0.1, 0.15) is 0 Å². The van der Waals surface area contributed by atoms with Crippen LogP contribution in [0.4, 0.5) is 0 Å². The summed E-state index contributed by atoms with van der Waals surface area (Å²) < 4.78 is 0. The van der Waals surface area contributed by atoms with Crippen LogP contribution in [0, 0.1) is 5.92 Å². The lowest BCUT2D eigenvalue weighted by Gasteiger charge is -2.33. The molecule has 2 aromatic carbocycles. The molecule has 1 N–H and O–H groups in total. The highest BCUT2D eigenvalue weighted by molar-refractivity contribution is 5.94. The highest BCUT2D eigenvalue weighted by Gasteiger charge is 2.29. The summed E-state index contributed by atoms with van der Waals surface area (Å²) in [6.45, 7) is 6.45. The Labute approximate surface area is 127 Å². The molecular weight excluding hydrogens is 258 g/mol. The molecule has 2 rings (SSSR count). The van der Waals surface area contributed by atoms with E-state index in [2.05, 4.69) is 38.2 Å². The van der Waals surface area contributed by atoms with Crippen LogP contribution in [0.2, 0.25) is 0 Å². The van der Waals surface area contributed by atoms with E-state index in [1.54, 1.807) is 0 Å². The molecular formula is C19H23NO. The maximum absolute atomic E-state index is 12.5. The molecule has 2 aromatic rings. The van der Waals surface area contributed by atoms with E-state index in [4.69, 9.17) is 0 Å². The van der Waals surface area contributed by atoms with E-state index in [1.165, 1.54) is 0 Å². The maximum atomic E-state index is 12.5. The highest BCUT2D eigenvalue weighted by atomic mass is 16.1. The number of carbonyl (C=O) groups is 1. The van der Waals surface area contributed by atoms with Crippen LogP contribution < -0.4 is 5.32 Å². The van der Waals surface area contributed by atoms with Crippen LogP contribution in [0.15, 0.2) is 60.7 Å². The number of nitrogens with one attached hydrogen (secondary N) is 1. The number of hydrogen-bond donors (Lipinski definition) is 1.